The van der Waals surface area contributed by atoms with Gasteiger partial charge in [0.25, 0.3) is 0 Å². The summed E-state index contributed by atoms with van der Waals surface area (Å²) < 4.78 is 0. The summed E-state index contributed by atoms with van der Waals surface area (Å²) in [5, 5.41) is 11.9. The first kappa shape index (κ1) is 15.7. The maximum atomic E-state index is 12.1. The first-order chi connectivity index (χ1) is 10.0. The van der Waals surface area contributed by atoms with Gasteiger partial charge < -0.3 is 15.3 Å². The third-order valence-corrected chi connectivity index (χ3v) is 4.42. The molecular formula is C15H20N2O3S. The zero-order valence-electron chi connectivity index (χ0n) is 12.3. The predicted octanol–water partition coefficient (Wildman–Crippen LogP) is 2.41. The maximum absolute atomic E-state index is 12.1. The fourth-order valence-electron chi connectivity index (χ4n) is 2.39. The number of nitrogens with zero attached hydrogens (tertiary/aromatic N) is 1. The van der Waals surface area contributed by atoms with Crippen molar-refractivity contribution < 1.29 is 14.7 Å². The maximum Gasteiger partial charge on any atom is 0.335 e. The molecule has 2 N–H and O–H groups in total. The van der Waals surface area contributed by atoms with Crippen LogP contribution in [-0.4, -0.2) is 40.6 Å². The molecule has 1 atom stereocenters. The lowest BCUT2D eigenvalue weighted by atomic mass is 10.1. The fourth-order valence-corrected chi connectivity index (χ4v) is 3.07. The molecule has 5 nitrogen and oxygen atoms in total. The summed E-state index contributed by atoms with van der Waals surface area (Å²) in [6.07, 6.45) is 2.05. The van der Waals surface area contributed by atoms with Gasteiger partial charge >= 0.3 is 12.0 Å². The van der Waals surface area contributed by atoms with E-state index in [0.29, 0.717) is 25.6 Å². The molecule has 2 amide bonds. The Morgan fingerprint density at radius 1 is 1.38 bits per heavy atom. The number of nitrogens with one attached hydrogen (secondary N) is 1. The number of carbonyl (C=O) groups excluding carboxylic acids is 1. The van der Waals surface area contributed by atoms with Gasteiger partial charge in [-0.2, -0.15) is 11.8 Å². The summed E-state index contributed by atoms with van der Waals surface area (Å²) in [6.45, 7) is 3.78. The van der Waals surface area contributed by atoms with Crippen molar-refractivity contribution in [1.29, 1.82) is 0 Å². The number of hydrogen-bond donors (Lipinski definition) is 2. The van der Waals surface area contributed by atoms with Gasteiger partial charge in [0.05, 0.1) is 5.56 Å². The molecule has 1 aromatic carbocycles. The number of rotatable bonds is 5. The van der Waals surface area contributed by atoms with Crippen LogP contribution >= 0.6 is 11.8 Å². The highest BCUT2D eigenvalue weighted by atomic mass is 32.2. The van der Waals surface area contributed by atoms with Gasteiger partial charge in [-0.1, -0.05) is 13.0 Å². The molecule has 0 bridgehead atoms. The molecular weight excluding hydrogens is 288 g/mol. The molecule has 1 aliphatic rings. The fraction of sp³-hybridized carbons (Fsp3) is 0.467. The summed E-state index contributed by atoms with van der Waals surface area (Å²) >= 11 is 1.77. The molecule has 0 spiro atoms. The van der Waals surface area contributed by atoms with E-state index >= 15 is 0 Å². The SMILES string of the molecule is CSCC(C)CNC(=O)N1Cc2ccc(C(=O)O)cc2C1. The highest BCUT2D eigenvalue weighted by molar-refractivity contribution is 7.98. The van der Waals surface area contributed by atoms with E-state index in [2.05, 4.69) is 18.5 Å². The number of urea groups is 1. The number of carboxylic acid groups (broad SMARTS) is 1. The Morgan fingerprint density at radius 2 is 2.10 bits per heavy atom. The van der Waals surface area contributed by atoms with Crippen LogP contribution in [0.4, 0.5) is 4.79 Å². The molecule has 1 unspecified atom stereocenters. The minimum atomic E-state index is -0.938. The third-order valence-electron chi connectivity index (χ3n) is 3.52. The topological polar surface area (TPSA) is 69.6 Å². The Kier molecular flexibility index (Phi) is 5.12. The van der Waals surface area contributed by atoms with E-state index in [1.165, 1.54) is 0 Å². The third kappa shape index (κ3) is 3.91. The molecule has 2 rings (SSSR count). The second-order valence-corrected chi connectivity index (χ2v) is 6.30. The zero-order chi connectivity index (χ0) is 15.4. The van der Waals surface area contributed by atoms with Crippen LogP contribution in [-0.2, 0) is 13.1 Å². The van der Waals surface area contributed by atoms with Crippen LogP contribution in [0.1, 0.15) is 28.4 Å². The summed E-state index contributed by atoms with van der Waals surface area (Å²) in [6, 6.07) is 4.95. The van der Waals surface area contributed by atoms with E-state index in [9.17, 15) is 9.59 Å². The highest BCUT2D eigenvalue weighted by Crippen LogP contribution is 2.24. The minimum Gasteiger partial charge on any atom is -0.478 e. The lowest BCUT2D eigenvalue weighted by Crippen LogP contribution is -2.38. The summed E-state index contributed by atoms with van der Waals surface area (Å²) in [5.41, 5.74) is 2.21. The van der Waals surface area contributed by atoms with Crippen molar-refractivity contribution in [3.63, 3.8) is 0 Å². The molecule has 1 heterocycles. The molecule has 1 aromatic rings. The number of benzene rings is 1. The Hall–Kier alpha value is -1.69. The van der Waals surface area contributed by atoms with Crippen LogP contribution in [0.3, 0.4) is 0 Å². The van der Waals surface area contributed by atoms with Gasteiger partial charge in [-0.25, -0.2) is 9.59 Å². The largest absolute Gasteiger partial charge is 0.478 e. The van der Waals surface area contributed by atoms with Crippen LogP contribution in [0.2, 0.25) is 0 Å². The van der Waals surface area contributed by atoms with Crippen molar-refractivity contribution in [2.45, 2.75) is 20.0 Å². The zero-order valence-corrected chi connectivity index (χ0v) is 13.1. The Balaban J connectivity index is 1.93. The number of carboxylic acids is 1. The highest BCUT2D eigenvalue weighted by Gasteiger charge is 2.24. The van der Waals surface area contributed by atoms with Crippen molar-refractivity contribution >= 4 is 23.8 Å². The molecule has 0 radical (unpaired) electrons. The van der Waals surface area contributed by atoms with Crippen LogP contribution in [0.5, 0.6) is 0 Å². The standard InChI is InChI=1S/C15H20N2O3S/c1-10(9-21-2)6-16-15(20)17-7-12-4-3-11(14(18)19)5-13(12)8-17/h3-5,10H,6-9H2,1-2H3,(H,16,20)(H,18,19). The smallest absolute Gasteiger partial charge is 0.335 e. The van der Waals surface area contributed by atoms with Gasteiger partial charge in [0.2, 0.25) is 0 Å². The average Bonchev–Trinajstić information content (AvgIpc) is 2.87. The predicted molar refractivity (Wildman–Crippen MR) is 83.6 cm³/mol. The summed E-state index contributed by atoms with van der Waals surface area (Å²) in [7, 11) is 0. The molecule has 1 aliphatic heterocycles. The van der Waals surface area contributed by atoms with E-state index < -0.39 is 5.97 Å². The minimum absolute atomic E-state index is 0.0870. The van der Waals surface area contributed by atoms with Gasteiger partial charge in [0.1, 0.15) is 0 Å². The molecule has 0 saturated heterocycles. The lowest BCUT2D eigenvalue weighted by molar-refractivity contribution is 0.0696. The van der Waals surface area contributed by atoms with Crippen molar-refractivity contribution in [3.8, 4) is 0 Å². The number of aromatic carboxylic acids is 1. The van der Waals surface area contributed by atoms with Gasteiger partial charge in [-0.05, 0) is 41.2 Å². The molecule has 0 saturated carbocycles. The number of fused-ring (bicyclic) bond motifs is 1. The molecule has 21 heavy (non-hydrogen) atoms. The number of thioether (sulfide) groups is 1. The monoisotopic (exact) mass is 308 g/mol. The van der Waals surface area contributed by atoms with Crippen molar-refractivity contribution in [2.24, 2.45) is 5.92 Å². The van der Waals surface area contributed by atoms with Gasteiger partial charge in [0, 0.05) is 19.6 Å². The van der Waals surface area contributed by atoms with Crippen molar-refractivity contribution in [1.82, 2.24) is 10.2 Å². The van der Waals surface area contributed by atoms with E-state index in [4.69, 9.17) is 5.11 Å². The molecule has 0 fully saturated rings. The van der Waals surface area contributed by atoms with E-state index in [1.54, 1.807) is 34.9 Å². The van der Waals surface area contributed by atoms with Gasteiger partial charge in [0.15, 0.2) is 0 Å². The lowest BCUT2D eigenvalue weighted by Gasteiger charge is -2.18. The molecule has 6 heteroatoms. The molecule has 0 aromatic heterocycles. The van der Waals surface area contributed by atoms with Crippen molar-refractivity contribution in [3.05, 3.63) is 34.9 Å². The quantitative estimate of drug-likeness (QED) is 0.876. The molecule has 114 valence electrons. The normalized spacial score (nSPS) is 14.7. The average molecular weight is 308 g/mol. The first-order valence-corrected chi connectivity index (χ1v) is 8.27. The number of hydrogen-bond acceptors (Lipinski definition) is 3. The summed E-state index contributed by atoms with van der Waals surface area (Å²) in [5.74, 6) is 0.516. The number of amides is 2. The number of carbonyl (C=O) groups is 2. The first-order valence-electron chi connectivity index (χ1n) is 6.88. The van der Waals surface area contributed by atoms with Crippen LogP contribution in [0.25, 0.3) is 0 Å². The summed E-state index contributed by atoms with van der Waals surface area (Å²) in [4.78, 5) is 24.8. The van der Waals surface area contributed by atoms with E-state index in [1.807, 2.05) is 0 Å². The molecule has 0 aliphatic carbocycles. The Labute approximate surface area is 128 Å². The van der Waals surface area contributed by atoms with E-state index in [0.717, 1.165) is 16.9 Å². The Morgan fingerprint density at radius 3 is 2.76 bits per heavy atom. The van der Waals surface area contributed by atoms with Gasteiger partial charge in [-0.15, -0.1) is 0 Å². The Bertz CT molecular complexity index is 548. The second-order valence-electron chi connectivity index (χ2n) is 5.39. The van der Waals surface area contributed by atoms with Gasteiger partial charge in [-0.3, -0.25) is 0 Å². The van der Waals surface area contributed by atoms with Crippen molar-refractivity contribution in [2.75, 3.05) is 18.6 Å². The van der Waals surface area contributed by atoms with Crippen LogP contribution < -0.4 is 5.32 Å². The van der Waals surface area contributed by atoms with E-state index in [-0.39, 0.29) is 11.6 Å². The van der Waals surface area contributed by atoms with Crippen LogP contribution in [0, 0.1) is 5.92 Å². The van der Waals surface area contributed by atoms with Crippen LogP contribution in [0.15, 0.2) is 18.2 Å². The second kappa shape index (κ2) is 6.85.